The first-order valence-corrected chi connectivity index (χ1v) is 12.6. The van der Waals surface area contributed by atoms with E-state index in [-0.39, 0.29) is 23.8 Å². The third-order valence-corrected chi connectivity index (χ3v) is 7.32. The van der Waals surface area contributed by atoms with Crippen LogP contribution in [-0.4, -0.2) is 39.9 Å². The molecule has 5 rings (SSSR count). The van der Waals surface area contributed by atoms with Gasteiger partial charge in [-0.15, -0.1) is 0 Å². The van der Waals surface area contributed by atoms with Crippen molar-refractivity contribution < 1.29 is 32.2 Å². The van der Waals surface area contributed by atoms with Crippen molar-refractivity contribution in [2.45, 2.75) is 49.2 Å². The van der Waals surface area contributed by atoms with Gasteiger partial charge in [-0.3, -0.25) is 4.79 Å². The number of hydrogen-bond acceptors (Lipinski definition) is 7. The second-order valence-electron chi connectivity index (χ2n) is 8.34. The highest BCUT2D eigenvalue weighted by molar-refractivity contribution is 7.89. The van der Waals surface area contributed by atoms with Crippen molar-refractivity contribution in [2.24, 2.45) is 0 Å². The molecule has 1 fully saturated rings. The second-order valence-corrected chi connectivity index (χ2v) is 10.1. The Bertz CT molecular complexity index is 1160. The minimum atomic E-state index is -3.80. The van der Waals surface area contributed by atoms with Gasteiger partial charge in [0.2, 0.25) is 15.9 Å². The zero-order valence-electron chi connectivity index (χ0n) is 18.1. The lowest BCUT2D eigenvalue weighted by molar-refractivity contribution is -0.116. The fourth-order valence-corrected chi connectivity index (χ4v) is 5.25. The summed E-state index contributed by atoms with van der Waals surface area (Å²) < 4.78 is 50.8. The van der Waals surface area contributed by atoms with Gasteiger partial charge in [0.25, 0.3) is 5.79 Å². The van der Waals surface area contributed by atoms with E-state index in [0.717, 1.165) is 32.1 Å². The molecule has 2 heterocycles. The summed E-state index contributed by atoms with van der Waals surface area (Å²) in [7, 11) is -3.80. The highest BCUT2D eigenvalue weighted by Crippen LogP contribution is 2.47. The van der Waals surface area contributed by atoms with Crippen LogP contribution in [0.25, 0.3) is 0 Å². The number of amides is 1. The van der Waals surface area contributed by atoms with Crippen LogP contribution in [0.5, 0.6) is 23.0 Å². The standard InChI is InChI=1S/C23H26N2O7S/c26-22(25-16-4-6-19-21(14-16)32-23(31-19)9-1-2-10-23)8-11-24-33(27,28)17-5-7-18-20(15-17)30-13-3-12-29-18/h4-7,14-15,24H,1-3,8-13H2,(H,25,26). The zero-order valence-corrected chi connectivity index (χ0v) is 18.9. The molecule has 0 radical (unpaired) electrons. The summed E-state index contributed by atoms with van der Waals surface area (Å²) >= 11 is 0. The summed E-state index contributed by atoms with van der Waals surface area (Å²) in [5.74, 6) is 1.34. The highest BCUT2D eigenvalue weighted by atomic mass is 32.2. The molecule has 1 amide bonds. The minimum absolute atomic E-state index is 0.0256. The van der Waals surface area contributed by atoms with Gasteiger partial charge in [-0.25, -0.2) is 13.1 Å². The molecule has 0 bridgehead atoms. The summed E-state index contributed by atoms with van der Waals surface area (Å²) in [6.45, 7) is 0.942. The van der Waals surface area contributed by atoms with E-state index >= 15 is 0 Å². The third-order valence-electron chi connectivity index (χ3n) is 5.86. The van der Waals surface area contributed by atoms with Gasteiger partial charge in [0.1, 0.15) is 0 Å². The monoisotopic (exact) mass is 474 g/mol. The summed E-state index contributed by atoms with van der Waals surface area (Å²) in [5, 5.41) is 2.78. The molecular formula is C23H26N2O7S. The number of nitrogens with one attached hydrogen (secondary N) is 2. The number of rotatable bonds is 6. The van der Waals surface area contributed by atoms with Crippen molar-refractivity contribution in [2.75, 3.05) is 25.1 Å². The largest absolute Gasteiger partial charge is 0.490 e. The van der Waals surface area contributed by atoms with Gasteiger partial charge in [0.05, 0.1) is 18.1 Å². The second kappa shape index (κ2) is 8.75. The quantitative estimate of drug-likeness (QED) is 0.661. The fraction of sp³-hybridized carbons (Fsp3) is 0.435. The van der Waals surface area contributed by atoms with Crippen LogP contribution in [0.1, 0.15) is 38.5 Å². The number of anilines is 1. The maximum Gasteiger partial charge on any atom is 0.251 e. The van der Waals surface area contributed by atoms with E-state index in [1.165, 1.54) is 12.1 Å². The lowest BCUT2D eigenvalue weighted by Crippen LogP contribution is -2.34. The molecule has 1 saturated carbocycles. The summed E-state index contributed by atoms with van der Waals surface area (Å²) in [4.78, 5) is 12.4. The van der Waals surface area contributed by atoms with E-state index in [4.69, 9.17) is 18.9 Å². The van der Waals surface area contributed by atoms with E-state index in [1.54, 1.807) is 24.3 Å². The molecule has 2 aromatic carbocycles. The molecule has 10 heteroatoms. The van der Waals surface area contributed by atoms with Crippen LogP contribution >= 0.6 is 0 Å². The fourth-order valence-electron chi connectivity index (χ4n) is 4.21. The summed E-state index contributed by atoms with van der Waals surface area (Å²) in [6.07, 6.45) is 4.55. The molecule has 1 spiro atoms. The lowest BCUT2D eigenvalue weighted by Gasteiger charge is -2.21. The number of hydrogen-bond donors (Lipinski definition) is 2. The molecule has 2 N–H and O–H groups in total. The maximum atomic E-state index is 12.6. The molecule has 9 nitrogen and oxygen atoms in total. The lowest BCUT2D eigenvalue weighted by atomic mass is 10.2. The SMILES string of the molecule is O=C(CCNS(=O)(=O)c1ccc2c(c1)OCCCO2)Nc1ccc2c(c1)OC1(CCCC1)O2. The number of benzene rings is 2. The molecule has 1 aliphatic carbocycles. The Morgan fingerprint density at radius 2 is 1.61 bits per heavy atom. The van der Waals surface area contributed by atoms with E-state index in [2.05, 4.69) is 10.0 Å². The first-order chi connectivity index (χ1) is 15.9. The third kappa shape index (κ3) is 4.72. The van der Waals surface area contributed by atoms with Crippen molar-refractivity contribution in [3.05, 3.63) is 36.4 Å². The molecular weight excluding hydrogens is 448 g/mol. The smallest absolute Gasteiger partial charge is 0.251 e. The zero-order chi connectivity index (χ0) is 22.9. The number of carbonyl (C=O) groups excluding carboxylic acids is 1. The minimum Gasteiger partial charge on any atom is -0.490 e. The van der Waals surface area contributed by atoms with Crippen LogP contribution in [0.4, 0.5) is 5.69 Å². The van der Waals surface area contributed by atoms with Crippen LogP contribution in [0.15, 0.2) is 41.3 Å². The Morgan fingerprint density at radius 1 is 0.879 bits per heavy atom. The van der Waals surface area contributed by atoms with E-state index in [9.17, 15) is 13.2 Å². The molecule has 0 unspecified atom stereocenters. The van der Waals surface area contributed by atoms with Crippen LogP contribution in [0.3, 0.4) is 0 Å². The average molecular weight is 475 g/mol. The van der Waals surface area contributed by atoms with Gasteiger partial charge in [-0.05, 0) is 37.1 Å². The van der Waals surface area contributed by atoms with Crippen molar-refractivity contribution in [3.63, 3.8) is 0 Å². The Hall–Kier alpha value is -2.98. The van der Waals surface area contributed by atoms with Gasteiger partial charge in [-0.2, -0.15) is 0 Å². The normalized spacial score (nSPS) is 18.2. The van der Waals surface area contributed by atoms with E-state index in [1.807, 2.05) is 0 Å². The number of fused-ring (bicyclic) bond motifs is 2. The van der Waals surface area contributed by atoms with E-state index < -0.39 is 15.8 Å². The van der Waals surface area contributed by atoms with Crippen molar-refractivity contribution in [3.8, 4) is 23.0 Å². The predicted octanol–water partition coefficient (Wildman–Crippen LogP) is 3.20. The van der Waals surface area contributed by atoms with Gasteiger partial charge in [0, 0.05) is 50.0 Å². The van der Waals surface area contributed by atoms with Crippen LogP contribution in [-0.2, 0) is 14.8 Å². The van der Waals surface area contributed by atoms with Crippen molar-refractivity contribution in [1.29, 1.82) is 0 Å². The van der Waals surface area contributed by atoms with Crippen LogP contribution < -0.4 is 29.0 Å². The Morgan fingerprint density at radius 3 is 2.42 bits per heavy atom. The Kier molecular flexibility index (Phi) is 5.79. The first kappa shape index (κ1) is 21.8. The van der Waals surface area contributed by atoms with Gasteiger partial charge >= 0.3 is 0 Å². The Labute approximate surface area is 192 Å². The molecule has 2 aliphatic heterocycles. The Balaban J connectivity index is 1.15. The van der Waals surface area contributed by atoms with Gasteiger partial charge < -0.3 is 24.3 Å². The topological polar surface area (TPSA) is 112 Å². The van der Waals surface area contributed by atoms with Crippen molar-refractivity contribution >= 4 is 21.6 Å². The molecule has 0 aromatic heterocycles. The number of sulfonamides is 1. The summed E-state index contributed by atoms with van der Waals surface area (Å²) in [5.41, 5.74) is 0.572. The molecule has 0 atom stereocenters. The first-order valence-electron chi connectivity index (χ1n) is 11.1. The predicted molar refractivity (Wildman–Crippen MR) is 119 cm³/mol. The van der Waals surface area contributed by atoms with E-state index in [0.29, 0.717) is 41.9 Å². The van der Waals surface area contributed by atoms with Crippen LogP contribution in [0, 0.1) is 0 Å². The summed E-state index contributed by atoms with van der Waals surface area (Å²) in [6, 6.07) is 9.74. The van der Waals surface area contributed by atoms with Crippen LogP contribution in [0.2, 0.25) is 0 Å². The average Bonchev–Trinajstić information content (AvgIpc) is 3.30. The number of carbonyl (C=O) groups is 1. The molecule has 3 aliphatic rings. The van der Waals surface area contributed by atoms with Gasteiger partial charge in [0.15, 0.2) is 23.0 Å². The molecule has 0 saturated heterocycles. The van der Waals surface area contributed by atoms with Gasteiger partial charge in [-0.1, -0.05) is 0 Å². The molecule has 176 valence electrons. The number of ether oxygens (including phenoxy) is 4. The van der Waals surface area contributed by atoms with Crippen molar-refractivity contribution in [1.82, 2.24) is 4.72 Å². The highest BCUT2D eigenvalue weighted by Gasteiger charge is 2.44. The molecule has 33 heavy (non-hydrogen) atoms. The molecule has 2 aromatic rings. The maximum absolute atomic E-state index is 12.6.